The molecule has 0 radical (unpaired) electrons. The number of benzene rings is 2. The number of carbonyl (C=O) groups is 1. The molecule has 7 nitrogen and oxygen atoms in total. The fourth-order valence-electron chi connectivity index (χ4n) is 3.24. The van der Waals surface area contributed by atoms with Gasteiger partial charge in [0.25, 0.3) is 5.91 Å². The maximum atomic E-state index is 13.1. The minimum absolute atomic E-state index is 0.165. The third kappa shape index (κ3) is 3.15. The minimum atomic E-state index is -0.452. The largest absolute Gasteiger partial charge is 0.508 e. The Morgan fingerprint density at radius 2 is 1.81 bits per heavy atom. The van der Waals surface area contributed by atoms with Gasteiger partial charge < -0.3 is 15.7 Å². The summed E-state index contributed by atoms with van der Waals surface area (Å²) in [6.45, 7) is 3.65. The van der Waals surface area contributed by atoms with Gasteiger partial charge in [0.15, 0.2) is 0 Å². The fraction of sp³-hybridized carbons (Fsp3) is 0.150. The second-order valence-electron chi connectivity index (χ2n) is 6.41. The molecule has 0 saturated carbocycles. The standard InChI is InChI=1S/C20H19N5O2/c1-12-17(19(27)23-15-6-4-3-5-7-15)18(14-8-10-16(26)11-9-14)25-20(21-12)22-13(2)24-25/h3-11,18,26H,1-2H3,(H,23,27)(H,21,22,24)/t18-/m1/s1. The summed E-state index contributed by atoms with van der Waals surface area (Å²) in [5.41, 5.74) is 2.80. The number of nitrogens with zero attached hydrogens (tertiary/aromatic N) is 3. The normalized spacial score (nSPS) is 15.9. The summed E-state index contributed by atoms with van der Waals surface area (Å²) < 4.78 is 1.70. The fourth-order valence-corrected chi connectivity index (χ4v) is 3.24. The highest BCUT2D eigenvalue weighted by atomic mass is 16.3. The van der Waals surface area contributed by atoms with Crippen molar-refractivity contribution in [3.8, 4) is 5.75 Å². The van der Waals surface area contributed by atoms with Gasteiger partial charge in [0.05, 0.1) is 5.57 Å². The number of phenols is 1. The summed E-state index contributed by atoms with van der Waals surface area (Å²) in [4.78, 5) is 17.5. The summed E-state index contributed by atoms with van der Waals surface area (Å²) in [6.07, 6.45) is 0. The van der Waals surface area contributed by atoms with Crippen LogP contribution < -0.4 is 10.6 Å². The lowest BCUT2D eigenvalue weighted by Crippen LogP contribution is -2.31. The third-order valence-electron chi connectivity index (χ3n) is 4.44. The summed E-state index contributed by atoms with van der Waals surface area (Å²) in [5.74, 6) is 1.14. The third-order valence-corrected chi connectivity index (χ3v) is 4.44. The minimum Gasteiger partial charge on any atom is -0.508 e. The molecule has 1 aliphatic rings. The topological polar surface area (TPSA) is 92.1 Å². The highest BCUT2D eigenvalue weighted by molar-refractivity contribution is 6.06. The van der Waals surface area contributed by atoms with E-state index in [1.807, 2.05) is 37.3 Å². The molecule has 2 heterocycles. The number of para-hydroxylation sites is 1. The van der Waals surface area contributed by atoms with E-state index in [0.29, 0.717) is 28.7 Å². The van der Waals surface area contributed by atoms with Gasteiger partial charge in [-0.3, -0.25) is 4.79 Å². The first-order valence-electron chi connectivity index (χ1n) is 8.59. The van der Waals surface area contributed by atoms with Crippen molar-refractivity contribution in [2.45, 2.75) is 19.9 Å². The molecule has 0 spiro atoms. The molecule has 0 unspecified atom stereocenters. The number of aryl methyl sites for hydroxylation is 1. The van der Waals surface area contributed by atoms with Crippen molar-refractivity contribution >= 4 is 17.5 Å². The van der Waals surface area contributed by atoms with Gasteiger partial charge in [0.1, 0.15) is 17.6 Å². The van der Waals surface area contributed by atoms with E-state index >= 15 is 0 Å². The van der Waals surface area contributed by atoms with E-state index in [0.717, 1.165) is 5.56 Å². The van der Waals surface area contributed by atoms with E-state index in [9.17, 15) is 9.90 Å². The number of hydrogen-bond donors (Lipinski definition) is 3. The molecule has 27 heavy (non-hydrogen) atoms. The van der Waals surface area contributed by atoms with Gasteiger partial charge in [0, 0.05) is 11.4 Å². The Morgan fingerprint density at radius 3 is 2.52 bits per heavy atom. The Hall–Kier alpha value is -3.61. The number of aromatic nitrogens is 3. The summed E-state index contributed by atoms with van der Waals surface area (Å²) in [6, 6.07) is 15.6. The highest BCUT2D eigenvalue weighted by Gasteiger charge is 2.33. The maximum Gasteiger partial charge on any atom is 0.255 e. The Kier molecular flexibility index (Phi) is 4.12. The lowest BCUT2D eigenvalue weighted by atomic mass is 9.95. The molecule has 0 fully saturated rings. The van der Waals surface area contributed by atoms with Crippen LogP contribution in [0.4, 0.5) is 11.6 Å². The van der Waals surface area contributed by atoms with Crippen molar-refractivity contribution in [2.75, 3.05) is 10.6 Å². The summed E-state index contributed by atoms with van der Waals surface area (Å²) in [7, 11) is 0. The molecule has 136 valence electrons. The van der Waals surface area contributed by atoms with Crippen LogP contribution in [-0.4, -0.2) is 25.8 Å². The zero-order chi connectivity index (χ0) is 19.0. The number of phenolic OH excluding ortho intramolecular Hbond substituents is 1. The number of hydrogen-bond acceptors (Lipinski definition) is 5. The first kappa shape index (κ1) is 16.8. The van der Waals surface area contributed by atoms with Crippen molar-refractivity contribution in [1.29, 1.82) is 0 Å². The summed E-state index contributed by atoms with van der Waals surface area (Å²) in [5, 5.41) is 20.2. The lowest BCUT2D eigenvalue weighted by Gasteiger charge is -2.28. The molecule has 1 aromatic heterocycles. The summed E-state index contributed by atoms with van der Waals surface area (Å²) >= 11 is 0. The van der Waals surface area contributed by atoms with Crippen molar-refractivity contribution in [2.24, 2.45) is 0 Å². The van der Waals surface area contributed by atoms with Crippen molar-refractivity contribution in [1.82, 2.24) is 14.8 Å². The smallest absolute Gasteiger partial charge is 0.255 e. The van der Waals surface area contributed by atoms with Gasteiger partial charge in [-0.2, -0.15) is 10.1 Å². The van der Waals surface area contributed by atoms with Crippen LogP contribution in [0.5, 0.6) is 5.75 Å². The number of fused-ring (bicyclic) bond motifs is 1. The molecule has 1 amide bonds. The number of carbonyl (C=O) groups excluding carboxylic acids is 1. The average Bonchev–Trinajstić information content (AvgIpc) is 3.01. The van der Waals surface area contributed by atoms with E-state index in [-0.39, 0.29) is 11.7 Å². The van der Waals surface area contributed by atoms with Gasteiger partial charge in [-0.15, -0.1) is 0 Å². The van der Waals surface area contributed by atoms with Gasteiger partial charge in [-0.1, -0.05) is 30.3 Å². The van der Waals surface area contributed by atoms with Crippen LogP contribution in [0, 0.1) is 6.92 Å². The molecule has 0 saturated heterocycles. The van der Waals surface area contributed by atoms with E-state index in [2.05, 4.69) is 20.7 Å². The monoisotopic (exact) mass is 361 g/mol. The van der Waals surface area contributed by atoms with Gasteiger partial charge in [-0.25, -0.2) is 4.68 Å². The predicted octanol–water partition coefficient (Wildman–Crippen LogP) is 3.22. The zero-order valence-corrected chi connectivity index (χ0v) is 15.0. The van der Waals surface area contributed by atoms with Crippen LogP contribution in [0.25, 0.3) is 0 Å². The van der Waals surface area contributed by atoms with Crippen LogP contribution in [-0.2, 0) is 4.79 Å². The first-order valence-corrected chi connectivity index (χ1v) is 8.59. The number of rotatable bonds is 3. The molecular weight excluding hydrogens is 342 g/mol. The van der Waals surface area contributed by atoms with Crippen LogP contribution in [0.1, 0.15) is 24.4 Å². The lowest BCUT2D eigenvalue weighted by molar-refractivity contribution is -0.113. The van der Waals surface area contributed by atoms with Gasteiger partial charge >= 0.3 is 0 Å². The van der Waals surface area contributed by atoms with Crippen molar-refractivity contribution in [3.63, 3.8) is 0 Å². The van der Waals surface area contributed by atoms with Gasteiger partial charge in [0.2, 0.25) is 5.95 Å². The number of anilines is 2. The molecule has 2 aromatic carbocycles. The second kappa shape index (κ2) is 6.60. The molecule has 1 atom stereocenters. The predicted molar refractivity (Wildman–Crippen MR) is 102 cm³/mol. The molecular formula is C20H19N5O2. The molecule has 1 aliphatic heterocycles. The van der Waals surface area contributed by atoms with Gasteiger partial charge in [-0.05, 0) is 43.7 Å². The Labute approximate surface area is 156 Å². The second-order valence-corrected chi connectivity index (χ2v) is 6.41. The maximum absolute atomic E-state index is 13.1. The zero-order valence-electron chi connectivity index (χ0n) is 15.0. The van der Waals surface area contributed by atoms with Crippen LogP contribution in [0.15, 0.2) is 65.9 Å². The Bertz CT molecular complexity index is 1020. The molecule has 3 aromatic rings. The van der Waals surface area contributed by atoms with Crippen LogP contribution >= 0.6 is 0 Å². The number of aromatic hydroxyl groups is 1. The van der Waals surface area contributed by atoms with Crippen molar-refractivity contribution < 1.29 is 9.90 Å². The quantitative estimate of drug-likeness (QED) is 0.666. The van der Waals surface area contributed by atoms with E-state index < -0.39 is 6.04 Å². The Morgan fingerprint density at radius 1 is 1.11 bits per heavy atom. The van der Waals surface area contributed by atoms with E-state index in [1.165, 1.54) is 0 Å². The number of allylic oxidation sites excluding steroid dienone is 1. The molecule has 4 rings (SSSR count). The van der Waals surface area contributed by atoms with Crippen molar-refractivity contribution in [3.05, 3.63) is 77.3 Å². The van der Waals surface area contributed by atoms with Crippen LogP contribution in [0.3, 0.4) is 0 Å². The number of amides is 1. The highest BCUT2D eigenvalue weighted by Crippen LogP contribution is 2.36. The first-order chi connectivity index (χ1) is 13.0. The van der Waals surface area contributed by atoms with Crippen LogP contribution in [0.2, 0.25) is 0 Å². The Balaban J connectivity index is 1.79. The molecule has 0 aliphatic carbocycles. The molecule has 0 bridgehead atoms. The molecule has 7 heteroatoms. The van der Waals surface area contributed by atoms with E-state index in [1.54, 1.807) is 35.9 Å². The van der Waals surface area contributed by atoms with E-state index in [4.69, 9.17) is 0 Å². The number of nitrogens with one attached hydrogen (secondary N) is 2. The molecule has 3 N–H and O–H groups in total. The SMILES string of the molecule is CC1=C(C(=O)Nc2ccccc2)[C@@H](c2ccc(O)cc2)n2nc(C)nc2N1. The average molecular weight is 361 g/mol.